The van der Waals surface area contributed by atoms with E-state index in [9.17, 15) is 14.7 Å². The van der Waals surface area contributed by atoms with Gasteiger partial charge in [0.1, 0.15) is 5.54 Å². The Balaban J connectivity index is 1.86. The highest BCUT2D eigenvalue weighted by Crippen LogP contribution is 2.33. The molecule has 1 aliphatic carbocycles. The molecule has 1 saturated carbocycles. The van der Waals surface area contributed by atoms with Gasteiger partial charge in [-0.15, -0.1) is 0 Å². The maximum Gasteiger partial charge on any atom is 0.329 e. The number of carboxylic acids is 1. The largest absolute Gasteiger partial charge is 0.480 e. The van der Waals surface area contributed by atoms with Crippen molar-refractivity contribution in [2.45, 2.75) is 44.1 Å². The average Bonchev–Trinajstić information content (AvgIpc) is 3.11. The Morgan fingerprint density at radius 3 is 2.47 bits per heavy atom. The lowest BCUT2D eigenvalue weighted by Crippen LogP contribution is -2.56. The molecular weight excluding hydrogens is 238 g/mol. The Morgan fingerprint density at radius 2 is 1.94 bits per heavy atom. The molecule has 4 nitrogen and oxygen atoms in total. The molecule has 0 aromatic carbocycles. The zero-order chi connectivity index (χ0) is 12.3. The van der Waals surface area contributed by atoms with Gasteiger partial charge in [0.2, 0.25) is 5.91 Å². The lowest BCUT2D eigenvalue weighted by Gasteiger charge is -2.33. The van der Waals surface area contributed by atoms with Gasteiger partial charge in [0, 0.05) is 6.42 Å². The lowest BCUT2D eigenvalue weighted by molar-refractivity contribution is -0.148. The highest BCUT2D eigenvalue weighted by atomic mass is 32.2. The fourth-order valence-corrected chi connectivity index (χ4v) is 3.37. The fourth-order valence-electron chi connectivity index (χ4n) is 2.18. The van der Waals surface area contributed by atoms with Gasteiger partial charge >= 0.3 is 5.97 Å². The van der Waals surface area contributed by atoms with Gasteiger partial charge in [-0.25, -0.2) is 4.79 Å². The molecule has 0 aromatic heterocycles. The molecule has 17 heavy (non-hydrogen) atoms. The van der Waals surface area contributed by atoms with Crippen LogP contribution in [0.15, 0.2) is 0 Å². The average molecular weight is 257 g/mol. The molecule has 1 heterocycles. The molecule has 2 aliphatic rings. The number of hydrogen-bond acceptors (Lipinski definition) is 3. The zero-order valence-electron chi connectivity index (χ0n) is 9.91. The van der Waals surface area contributed by atoms with Crippen molar-refractivity contribution >= 4 is 23.6 Å². The normalized spacial score (nSPS) is 23.1. The van der Waals surface area contributed by atoms with E-state index in [-0.39, 0.29) is 5.91 Å². The SMILES string of the molecule is O=C(CCC1CC1)NC1(C(=O)O)CCSCC1. The van der Waals surface area contributed by atoms with E-state index in [1.807, 2.05) is 0 Å². The number of aliphatic carboxylic acids is 1. The van der Waals surface area contributed by atoms with Gasteiger partial charge in [0.05, 0.1) is 0 Å². The van der Waals surface area contributed by atoms with E-state index < -0.39 is 11.5 Å². The molecule has 2 rings (SSSR count). The lowest BCUT2D eigenvalue weighted by atomic mass is 9.92. The summed E-state index contributed by atoms with van der Waals surface area (Å²) in [5.74, 6) is 1.37. The van der Waals surface area contributed by atoms with Gasteiger partial charge in [-0.05, 0) is 36.7 Å². The predicted octanol–water partition coefficient (Wildman–Crippen LogP) is 1.64. The van der Waals surface area contributed by atoms with E-state index in [1.165, 1.54) is 12.8 Å². The summed E-state index contributed by atoms with van der Waals surface area (Å²) >= 11 is 1.76. The van der Waals surface area contributed by atoms with Crippen molar-refractivity contribution < 1.29 is 14.7 Å². The van der Waals surface area contributed by atoms with Crippen molar-refractivity contribution in [1.29, 1.82) is 0 Å². The number of carboxylic acid groups (broad SMARTS) is 1. The molecular formula is C12H19NO3S. The second-order valence-electron chi connectivity index (χ2n) is 5.03. The van der Waals surface area contributed by atoms with E-state index in [0.717, 1.165) is 17.9 Å². The Morgan fingerprint density at radius 1 is 1.29 bits per heavy atom. The van der Waals surface area contributed by atoms with Gasteiger partial charge < -0.3 is 10.4 Å². The van der Waals surface area contributed by atoms with Gasteiger partial charge in [0.25, 0.3) is 0 Å². The van der Waals surface area contributed by atoms with Gasteiger partial charge in [-0.2, -0.15) is 11.8 Å². The van der Waals surface area contributed by atoms with Crippen LogP contribution in [0.2, 0.25) is 0 Å². The number of carbonyl (C=O) groups excluding carboxylic acids is 1. The summed E-state index contributed by atoms with van der Waals surface area (Å²) < 4.78 is 0. The van der Waals surface area contributed by atoms with Crippen LogP contribution in [0.25, 0.3) is 0 Å². The molecule has 0 aromatic rings. The van der Waals surface area contributed by atoms with Crippen molar-refractivity contribution in [2.75, 3.05) is 11.5 Å². The minimum absolute atomic E-state index is 0.0915. The molecule has 0 spiro atoms. The third kappa shape index (κ3) is 3.37. The maximum atomic E-state index is 11.8. The number of rotatable bonds is 5. The van der Waals surface area contributed by atoms with Gasteiger partial charge in [-0.1, -0.05) is 12.8 Å². The van der Waals surface area contributed by atoms with Crippen LogP contribution in [0, 0.1) is 5.92 Å². The Bertz CT molecular complexity index is 309. The summed E-state index contributed by atoms with van der Waals surface area (Å²) in [5, 5.41) is 12.1. The molecule has 1 saturated heterocycles. The quantitative estimate of drug-likeness (QED) is 0.786. The molecule has 0 unspecified atom stereocenters. The summed E-state index contributed by atoms with van der Waals surface area (Å²) in [5.41, 5.74) is -0.994. The van der Waals surface area contributed by atoms with Crippen LogP contribution < -0.4 is 5.32 Å². The minimum atomic E-state index is -0.994. The third-order valence-corrected chi connectivity index (χ3v) is 4.60. The van der Waals surface area contributed by atoms with Crippen LogP contribution in [-0.2, 0) is 9.59 Å². The standard InChI is InChI=1S/C12H19NO3S/c14-10(4-3-9-1-2-9)13-12(11(15)16)5-7-17-8-6-12/h9H,1-8H2,(H,13,14)(H,15,16). The van der Waals surface area contributed by atoms with Crippen LogP contribution >= 0.6 is 11.8 Å². The minimum Gasteiger partial charge on any atom is -0.480 e. The third-order valence-electron chi connectivity index (χ3n) is 3.61. The highest BCUT2D eigenvalue weighted by Gasteiger charge is 2.41. The van der Waals surface area contributed by atoms with E-state index >= 15 is 0 Å². The molecule has 2 N–H and O–H groups in total. The monoisotopic (exact) mass is 257 g/mol. The smallest absolute Gasteiger partial charge is 0.329 e. The van der Waals surface area contributed by atoms with Crippen LogP contribution in [0.5, 0.6) is 0 Å². The van der Waals surface area contributed by atoms with Crippen molar-refractivity contribution in [3.05, 3.63) is 0 Å². The Labute approximate surface area is 106 Å². The van der Waals surface area contributed by atoms with Crippen molar-refractivity contribution in [2.24, 2.45) is 5.92 Å². The molecule has 0 radical (unpaired) electrons. The van der Waals surface area contributed by atoms with Crippen LogP contribution in [-0.4, -0.2) is 34.0 Å². The van der Waals surface area contributed by atoms with E-state index in [4.69, 9.17) is 0 Å². The summed E-state index contributed by atoms with van der Waals surface area (Å²) in [6.45, 7) is 0. The first kappa shape index (κ1) is 12.7. The molecule has 96 valence electrons. The maximum absolute atomic E-state index is 11.8. The van der Waals surface area contributed by atoms with Crippen LogP contribution in [0.1, 0.15) is 38.5 Å². The number of carbonyl (C=O) groups is 2. The number of amides is 1. The first-order valence-corrected chi connectivity index (χ1v) is 7.40. The van der Waals surface area contributed by atoms with E-state index in [2.05, 4.69) is 5.32 Å². The summed E-state index contributed by atoms with van der Waals surface area (Å²) in [4.78, 5) is 23.1. The van der Waals surface area contributed by atoms with Gasteiger partial charge in [-0.3, -0.25) is 4.79 Å². The van der Waals surface area contributed by atoms with E-state index in [1.54, 1.807) is 11.8 Å². The number of hydrogen-bond donors (Lipinski definition) is 2. The van der Waals surface area contributed by atoms with Crippen molar-refractivity contribution in [3.8, 4) is 0 Å². The first-order valence-electron chi connectivity index (χ1n) is 6.24. The van der Waals surface area contributed by atoms with Gasteiger partial charge in [0.15, 0.2) is 0 Å². The topological polar surface area (TPSA) is 66.4 Å². The predicted molar refractivity (Wildman–Crippen MR) is 67.0 cm³/mol. The van der Waals surface area contributed by atoms with Crippen LogP contribution in [0.4, 0.5) is 0 Å². The number of thioether (sulfide) groups is 1. The van der Waals surface area contributed by atoms with E-state index in [0.29, 0.717) is 25.2 Å². The fraction of sp³-hybridized carbons (Fsp3) is 0.833. The first-order chi connectivity index (χ1) is 8.12. The Kier molecular flexibility index (Phi) is 3.97. The molecule has 5 heteroatoms. The second-order valence-corrected chi connectivity index (χ2v) is 6.25. The molecule has 2 fully saturated rings. The molecule has 0 bridgehead atoms. The second kappa shape index (κ2) is 5.29. The van der Waals surface area contributed by atoms with Crippen LogP contribution in [0.3, 0.4) is 0 Å². The highest BCUT2D eigenvalue weighted by molar-refractivity contribution is 7.99. The zero-order valence-corrected chi connectivity index (χ0v) is 10.7. The molecule has 0 atom stereocenters. The van der Waals surface area contributed by atoms with Crippen molar-refractivity contribution in [3.63, 3.8) is 0 Å². The summed E-state index contributed by atoms with van der Waals surface area (Å²) in [7, 11) is 0. The summed E-state index contributed by atoms with van der Waals surface area (Å²) in [6, 6.07) is 0. The molecule has 1 aliphatic heterocycles. The van der Waals surface area contributed by atoms with Crippen molar-refractivity contribution in [1.82, 2.24) is 5.32 Å². The molecule has 1 amide bonds. The number of nitrogens with one attached hydrogen (secondary N) is 1. The Hall–Kier alpha value is -0.710. The summed E-state index contributed by atoms with van der Waals surface area (Å²) in [6.07, 6.45) is 4.94.